The maximum absolute atomic E-state index is 5.24. The standard InChI is InChI=1S/C14H14N2O/c1-10(11-5-3-2-4-6-11)14-12-9-16-17-13(12)7-8-15-14/h2-6,9-10H,7-8H2,1H3. The minimum absolute atomic E-state index is 0.287. The lowest BCUT2D eigenvalue weighted by molar-refractivity contribution is 0.383. The molecule has 0 amide bonds. The van der Waals surface area contributed by atoms with Crippen molar-refractivity contribution in [3.8, 4) is 0 Å². The summed E-state index contributed by atoms with van der Waals surface area (Å²) in [6.45, 7) is 2.98. The van der Waals surface area contributed by atoms with Crippen molar-refractivity contribution in [1.29, 1.82) is 0 Å². The fraction of sp³-hybridized carbons (Fsp3) is 0.286. The second-order valence-electron chi connectivity index (χ2n) is 4.31. The Balaban J connectivity index is 1.98. The molecule has 3 rings (SSSR count). The SMILES string of the molecule is CC(C1=NCCc2oncc21)c1ccccc1. The third-order valence-corrected chi connectivity index (χ3v) is 3.25. The average Bonchev–Trinajstić information content (AvgIpc) is 2.87. The molecule has 1 aromatic carbocycles. The first kappa shape index (κ1) is 10.3. The van der Waals surface area contributed by atoms with Crippen LogP contribution in [-0.2, 0) is 6.42 Å². The monoisotopic (exact) mass is 226 g/mol. The molecule has 0 fully saturated rings. The Hall–Kier alpha value is -1.90. The lowest BCUT2D eigenvalue weighted by Gasteiger charge is -2.17. The Morgan fingerprint density at radius 2 is 2.06 bits per heavy atom. The number of fused-ring (bicyclic) bond motifs is 1. The molecule has 0 aliphatic carbocycles. The average molecular weight is 226 g/mol. The molecular weight excluding hydrogens is 212 g/mol. The minimum Gasteiger partial charge on any atom is -0.361 e. The molecule has 1 unspecified atom stereocenters. The van der Waals surface area contributed by atoms with Crippen LogP contribution in [0, 0.1) is 0 Å². The number of hydrogen-bond donors (Lipinski definition) is 0. The molecule has 2 aromatic rings. The summed E-state index contributed by atoms with van der Waals surface area (Å²) in [4.78, 5) is 4.64. The molecule has 0 N–H and O–H groups in total. The summed E-state index contributed by atoms with van der Waals surface area (Å²) >= 11 is 0. The zero-order valence-electron chi connectivity index (χ0n) is 9.76. The van der Waals surface area contributed by atoms with Crippen molar-refractivity contribution < 1.29 is 4.52 Å². The van der Waals surface area contributed by atoms with Gasteiger partial charge in [-0.3, -0.25) is 4.99 Å². The van der Waals surface area contributed by atoms with Crippen LogP contribution >= 0.6 is 0 Å². The fourth-order valence-electron chi connectivity index (χ4n) is 2.29. The molecule has 0 saturated carbocycles. The Kier molecular flexibility index (Phi) is 2.52. The minimum atomic E-state index is 0.287. The van der Waals surface area contributed by atoms with E-state index in [2.05, 4.69) is 41.3 Å². The predicted octanol–water partition coefficient (Wildman–Crippen LogP) is 2.82. The van der Waals surface area contributed by atoms with Crippen molar-refractivity contribution in [2.75, 3.05) is 6.54 Å². The van der Waals surface area contributed by atoms with Gasteiger partial charge < -0.3 is 4.52 Å². The molecule has 86 valence electrons. The van der Waals surface area contributed by atoms with Crippen molar-refractivity contribution in [2.45, 2.75) is 19.3 Å². The summed E-state index contributed by atoms with van der Waals surface area (Å²) in [7, 11) is 0. The van der Waals surface area contributed by atoms with Crippen molar-refractivity contribution in [1.82, 2.24) is 5.16 Å². The normalized spacial score (nSPS) is 16.2. The molecule has 2 heterocycles. The zero-order chi connectivity index (χ0) is 11.7. The first-order valence-corrected chi connectivity index (χ1v) is 5.89. The van der Waals surface area contributed by atoms with Crippen LogP contribution in [-0.4, -0.2) is 17.4 Å². The molecule has 1 atom stereocenters. The molecule has 3 nitrogen and oxygen atoms in total. The van der Waals surface area contributed by atoms with Crippen molar-refractivity contribution in [2.24, 2.45) is 4.99 Å². The summed E-state index contributed by atoms with van der Waals surface area (Å²) in [5, 5.41) is 3.87. The number of aromatic nitrogens is 1. The van der Waals surface area contributed by atoms with Gasteiger partial charge in [-0.25, -0.2) is 0 Å². The third-order valence-electron chi connectivity index (χ3n) is 3.25. The first-order valence-electron chi connectivity index (χ1n) is 5.89. The van der Waals surface area contributed by atoms with Crippen molar-refractivity contribution in [3.63, 3.8) is 0 Å². The number of hydrogen-bond acceptors (Lipinski definition) is 3. The van der Waals surface area contributed by atoms with Crippen molar-refractivity contribution >= 4 is 5.71 Å². The van der Waals surface area contributed by atoms with E-state index in [-0.39, 0.29) is 5.92 Å². The van der Waals surface area contributed by atoms with E-state index in [0.717, 1.165) is 30.0 Å². The molecule has 1 aliphatic rings. The van der Waals surface area contributed by atoms with Gasteiger partial charge in [0.1, 0.15) is 5.76 Å². The topological polar surface area (TPSA) is 38.4 Å². The summed E-state index contributed by atoms with van der Waals surface area (Å²) < 4.78 is 5.24. The summed E-state index contributed by atoms with van der Waals surface area (Å²) in [6.07, 6.45) is 2.65. The van der Waals surface area contributed by atoms with Crippen LogP contribution < -0.4 is 0 Å². The summed E-state index contributed by atoms with van der Waals surface area (Å²) in [5.41, 5.74) is 3.45. The van der Waals surface area contributed by atoms with Gasteiger partial charge in [0, 0.05) is 18.9 Å². The lowest BCUT2D eigenvalue weighted by Crippen LogP contribution is -2.17. The maximum Gasteiger partial charge on any atom is 0.147 e. The van der Waals surface area contributed by atoms with E-state index in [0.29, 0.717) is 0 Å². The van der Waals surface area contributed by atoms with Gasteiger partial charge in [0.15, 0.2) is 0 Å². The van der Waals surface area contributed by atoms with Crippen LogP contribution in [0.15, 0.2) is 46.0 Å². The van der Waals surface area contributed by atoms with Gasteiger partial charge in [-0.05, 0) is 5.56 Å². The second-order valence-corrected chi connectivity index (χ2v) is 4.31. The number of benzene rings is 1. The second kappa shape index (κ2) is 4.17. The Bertz CT molecular complexity index is 542. The molecule has 1 aliphatic heterocycles. The molecule has 0 saturated heterocycles. The smallest absolute Gasteiger partial charge is 0.147 e. The molecule has 0 spiro atoms. The highest BCUT2D eigenvalue weighted by molar-refractivity contribution is 6.06. The molecule has 0 radical (unpaired) electrons. The number of rotatable bonds is 2. The first-order chi connectivity index (χ1) is 8.36. The highest BCUT2D eigenvalue weighted by Crippen LogP contribution is 2.26. The molecule has 1 aromatic heterocycles. The van der Waals surface area contributed by atoms with Gasteiger partial charge in [0.25, 0.3) is 0 Å². The van der Waals surface area contributed by atoms with Gasteiger partial charge in [0.2, 0.25) is 0 Å². The number of aliphatic imine (C=N–C) groups is 1. The number of nitrogens with zero attached hydrogens (tertiary/aromatic N) is 2. The van der Waals surface area contributed by atoms with E-state index < -0.39 is 0 Å². The van der Waals surface area contributed by atoms with Crippen LogP contribution in [0.1, 0.15) is 29.7 Å². The van der Waals surface area contributed by atoms with Gasteiger partial charge in [-0.15, -0.1) is 0 Å². The zero-order valence-corrected chi connectivity index (χ0v) is 9.76. The van der Waals surface area contributed by atoms with Crippen LogP contribution in [0.4, 0.5) is 0 Å². The van der Waals surface area contributed by atoms with Crippen LogP contribution in [0.25, 0.3) is 0 Å². The van der Waals surface area contributed by atoms with Crippen LogP contribution in [0.3, 0.4) is 0 Å². The predicted molar refractivity (Wildman–Crippen MR) is 66.5 cm³/mol. The summed E-state index contributed by atoms with van der Waals surface area (Å²) in [6, 6.07) is 10.4. The highest BCUT2D eigenvalue weighted by atomic mass is 16.5. The van der Waals surface area contributed by atoms with Gasteiger partial charge in [-0.2, -0.15) is 0 Å². The Morgan fingerprint density at radius 3 is 2.88 bits per heavy atom. The van der Waals surface area contributed by atoms with E-state index in [9.17, 15) is 0 Å². The van der Waals surface area contributed by atoms with E-state index in [4.69, 9.17) is 4.52 Å². The summed E-state index contributed by atoms with van der Waals surface area (Å²) in [5.74, 6) is 1.26. The van der Waals surface area contributed by atoms with Gasteiger partial charge in [0.05, 0.1) is 17.5 Å². The van der Waals surface area contributed by atoms with Crippen molar-refractivity contribution in [3.05, 3.63) is 53.4 Å². The lowest BCUT2D eigenvalue weighted by atomic mass is 9.90. The third kappa shape index (κ3) is 1.78. The molecule has 0 bridgehead atoms. The van der Waals surface area contributed by atoms with E-state index >= 15 is 0 Å². The van der Waals surface area contributed by atoms with E-state index in [1.54, 1.807) is 6.20 Å². The molecular formula is C14H14N2O. The Morgan fingerprint density at radius 1 is 1.24 bits per heavy atom. The molecule has 17 heavy (non-hydrogen) atoms. The molecule has 3 heteroatoms. The van der Waals surface area contributed by atoms with Gasteiger partial charge in [-0.1, -0.05) is 42.4 Å². The van der Waals surface area contributed by atoms with Crippen LogP contribution in [0.2, 0.25) is 0 Å². The maximum atomic E-state index is 5.24. The fourth-order valence-corrected chi connectivity index (χ4v) is 2.29. The van der Waals surface area contributed by atoms with E-state index in [1.807, 2.05) is 6.07 Å². The quantitative estimate of drug-likeness (QED) is 0.789. The van der Waals surface area contributed by atoms with Crippen LogP contribution in [0.5, 0.6) is 0 Å². The largest absolute Gasteiger partial charge is 0.361 e. The van der Waals surface area contributed by atoms with Gasteiger partial charge >= 0.3 is 0 Å². The van der Waals surface area contributed by atoms with E-state index in [1.165, 1.54) is 5.56 Å². The Labute approximate surface area is 100 Å². The highest BCUT2D eigenvalue weighted by Gasteiger charge is 2.23.